The van der Waals surface area contributed by atoms with Crippen LogP contribution in [0.4, 0.5) is 5.69 Å². The van der Waals surface area contributed by atoms with Crippen LogP contribution in [0, 0.1) is 13.8 Å². The molecular formula is C15H21NNaO5S. The minimum absolute atomic E-state index is 0. The van der Waals surface area contributed by atoms with E-state index < -0.39 is 24.6 Å². The quantitative estimate of drug-likeness (QED) is 0.465. The number of nitrogens with zero attached hydrogens (tertiary/aromatic N) is 1. The summed E-state index contributed by atoms with van der Waals surface area (Å²) in [5, 5.41) is 27.0. The van der Waals surface area contributed by atoms with Crippen molar-refractivity contribution in [2.75, 3.05) is 29.6 Å². The largest absolute Gasteiger partial charge is 0.479 e. The van der Waals surface area contributed by atoms with Crippen molar-refractivity contribution < 1.29 is 24.9 Å². The fourth-order valence-corrected chi connectivity index (χ4v) is 2.94. The summed E-state index contributed by atoms with van der Waals surface area (Å²) in [6, 6.07) is 5.68. The zero-order valence-electron chi connectivity index (χ0n) is 13.7. The van der Waals surface area contributed by atoms with E-state index in [9.17, 15) is 14.7 Å². The number of hydrogen-bond donors (Lipinski definition) is 3. The van der Waals surface area contributed by atoms with Gasteiger partial charge in [0, 0.05) is 53.3 Å². The molecule has 0 saturated heterocycles. The van der Waals surface area contributed by atoms with E-state index >= 15 is 0 Å². The fraction of sp³-hybridized carbons (Fsp3) is 0.467. The van der Waals surface area contributed by atoms with Gasteiger partial charge in [0.05, 0.1) is 0 Å². The van der Waals surface area contributed by atoms with Crippen molar-refractivity contribution in [1.82, 2.24) is 0 Å². The molecule has 1 amide bonds. The summed E-state index contributed by atoms with van der Waals surface area (Å²) in [6.45, 7) is 3.53. The van der Waals surface area contributed by atoms with Gasteiger partial charge < -0.3 is 20.2 Å². The predicted molar refractivity (Wildman–Crippen MR) is 92.1 cm³/mol. The zero-order valence-corrected chi connectivity index (χ0v) is 16.5. The van der Waals surface area contributed by atoms with Gasteiger partial charge in [0.25, 0.3) is 5.91 Å². The maximum Gasteiger partial charge on any atom is 0.333 e. The van der Waals surface area contributed by atoms with Crippen LogP contribution in [-0.4, -0.2) is 87.5 Å². The molecule has 1 radical (unpaired) electrons. The molecule has 1 aromatic rings. The number of thioether (sulfide) groups is 1. The Morgan fingerprint density at radius 1 is 1.26 bits per heavy atom. The zero-order chi connectivity index (χ0) is 16.7. The summed E-state index contributed by atoms with van der Waals surface area (Å²) in [4.78, 5) is 24.0. The summed E-state index contributed by atoms with van der Waals surface area (Å²) in [6.07, 6.45) is -1.41. The Hall–Kier alpha value is -0.570. The Morgan fingerprint density at radius 2 is 1.83 bits per heavy atom. The molecule has 8 heteroatoms. The van der Waals surface area contributed by atoms with Gasteiger partial charge in [-0.2, -0.15) is 11.8 Å². The average molecular weight is 350 g/mol. The van der Waals surface area contributed by atoms with Gasteiger partial charge in [-0.15, -0.1) is 0 Å². The number of benzene rings is 1. The second-order valence-electron chi connectivity index (χ2n) is 4.87. The molecule has 0 aromatic heterocycles. The maximum absolute atomic E-state index is 12.0. The first-order valence-electron chi connectivity index (χ1n) is 6.84. The first kappa shape index (κ1) is 22.4. The number of hydrogen-bond acceptors (Lipinski definition) is 5. The Balaban J connectivity index is 0.00000484. The molecule has 0 bridgehead atoms. The topological polar surface area (TPSA) is 98.1 Å². The summed E-state index contributed by atoms with van der Waals surface area (Å²) in [7, 11) is 0. The first-order chi connectivity index (χ1) is 10.4. The standard InChI is InChI=1S/C15H21NO5S.Na/c1-10-4-3-5-11(2)14(10)16(13(19)8-17)6-7-22-9-12(18)15(20)21;/h3-5,12,17-18H,6-9H2,1-2H3,(H,20,21);. The van der Waals surface area contributed by atoms with Crippen LogP contribution in [0.5, 0.6) is 0 Å². The van der Waals surface area contributed by atoms with Crippen molar-refractivity contribution in [2.24, 2.45) is 0 Å². The van der Waals surface area contributed by atoms with Gasteiger partial charge in [0.15, 0.2) is 6.10 Å². The number of amides is 1. The van der Waals surface area contributed by atoms with E-state index in [1.165, 1.54) is 16.7 Å². The molecule has 123 valence electrons. The van der Waals surface area contributed by atoms with E-state index in [1.807, 2.05) is 32.0 Å². The van der Waals surface area contributed by atoms with Crippen molar-refractivity contribution in [1.29, 1.82) is 0 Å². The van der Waals surface area contributed by atoms with Gasteiger partial charge in [0.2, 0.25) is 0 Å². The van der Waals surface area contributed by atoms with Crippen LogP contribution in [0.3, 0.4) is 0 Å². The number of carbonyl (C=O) groups is 2. The number of aliphatic carboxylic acids is 1. The predicted octanol–water partition coefficient (Wildman–Crippen LogP) is 0.427. The first-order valence-corrected chi connectivity index (χ1v) is 8.00. The molecule has 0 spiro atoms. The summed E-state index contributed by atoms with van der Waals surface area (Å²) >= 11 is 1.25. The van der Waals surface area contributed by atoms with Gasteiger partial charge in [-0.1, -0.05) is 18.2 Å². The van der Waals surface area contributed by atoms with E-state index in [0.717, 1.165) is 16.8 Å². The minimum atomic E-state index is -1.41. The van der Waals surface area contributed by atoms with Crippen LogP contribution in [-0.2, 0) is 9.59 Å². The monoisotopic (exact) mass is 350 g/mol. The third-order valence-electron chi connectivity index (χ3n) is 3.17. The molecule has 0 fully saturated rings. The molecule has 1 rings (SSSR count). The van der Waals surface area contributed by atoms with Crippen LogP contribution in [0.25, 0.3) is 0 Å². The Labute approximate surface area is 162 Å². The van der Waals surface area contributed by atoms with Crippen LogP contribution in [0.1, 0.15) is 11.1 Å². The number of carboxylic acids is 1. The van der Waals surface area contributed by atoms with E-state index in [2.05, 4.69) is 0 Å². The van der Waals surface area contributed by atoms with Gasteiger partial charge in [0.1, 0.15) is 6.61 Å². The summed E-state index contributed by atoms with van der Waals surface area (Å²) in [5.74, 6) is -1.14. The van der Waals surface area contributed by atoms with Crippen molar-refractivity contribution in [3.8, 4) is 0 Å². The van der Waals surface area contributed by atoms with Gasteiger partial charge in [-0.25, -0.2) is 4.79 Å². The number of aryl methyl sites for hydroxylation is 2. The Kier molecular flexibility index (Phi) is 10.8. The maximum atomic E-state index is 12.0. The van der Waals surface area contributed by atoms with Crippen molar-refractivity contribution in [3.05, 3.63) is 29.3 Å². The summed E-state index contributed by atoms with van der Waals surface area (Å²) < 4.78 is 0. The molecule has 3 N–H and O–H groups in total. The number of carbonyl (C=O) groups excluding carboxylic acids is 1. The van der Waals surface area contributed by atoms with E-state index in [4.69, 9.17) is 10.2 Å². The number of aliphatic hydroxyl groups is 2. The van der Waals surface area contributed by atoms with Gasteiger partial charge >= 0.3 is 5.97 Å². The van der Waals surface area contributed by atoms with Crippen LogP contribution >= 0.6 is 11.8 Å². The Bertz CT molecular complexity index is 520. The van der Waals surface area contributed by atoms with Crippen molar-refractivity contribution in [3.63, 3.8) is 0 Å². The average Bonchev–Trinajstić information content (AvgIpc) is 2.47. The minimum Gasteiger partial charge on any atom is -0.479 e. The van der Waals surface area contributed by atoms with Gasteiger partial charge in [-0.05, 0) is 25.0 Å². The third kappa shape index (κ3) is 6.82. The molecule has 6 nitrogen and oxygen atoms in total. The molecule has 0 saturated carbocycles. The molecule has 0 aliphatic rings. The molecule has 1 atom stereocenters. The van der Waals surface area contributed by atoms with Crippen LogP contribution < -0.4 is 4.90 Å². The number of anilines is 1. The van der Waals surface area contributed by atoms with E-state index in [-0.39, 0.29) is 35.3 Å². The molecule has 0 heterocycles. The number of para-hydroxylation sites is 1. The number of rotatable bonds is 8. The molecule has 1 aromatic carbocycles. The molecular weight excluding hydrogens is 329 g/mol. The van der Waals surface area contributed by atoms with E-state index in [1.54, 1.807) is 0 Å². The fourth-order valence-electron chi connectivity index (χ4n) is 2.10. The van der Waals surface area contributed by atoms with E-state index in [0.29, 0.717) is 12.3 Å². The van der Waals surface area contributed by atoms with Crippen LogP contribution in [0.2, 0.25) is 0 Å². The second kappa shape index (κ2) is 11.1. The molecule has 0 aliphatic carbocycles. The molecule has 1 unspecified atom stereocenters. The third-order valence-corrected chi connectivity index (χ3v) is 4.19. The van der Waals surface area contributed by atoms with Crippen LogP contribution in [0.15, 0.2) is 18.2 Å². The van der Waals surface area contributed by atoms with Gasteiger partial charge in [-0.3, -0.25) is 4.79 Å². The van der Waals surface area contributed by atoms with Crippen molar-refractivity contribution in [2.45, 2.75) is 20.0 Å². The second-order valence-corrected chi connectivity index (χ2v) is 6.02. The van der Waals surface area contributed by atoms with Crippen molar-refractivity contribution >= 4 is 58.9 Å². The smallest absolute Gasteiger partial charge is 0.333 e. The molecule has 0 aliphatic heterocycles. The number of aliphatic hydroxyl groups excluding tert-OH is 2. The Morgan fingerprint density at radius 3 is 2.30 bits per heavy atom. The normalized spacial score (nSPS) is 11.5. The number of carboxylic acid groups (broad SMARTS) is 1. The molecule has 23 heavy (non-hydrogen) atoms. The SMILES string of the molecule is Cc1cccc(C)c1N(CCSCC(O)C(=O)O)C(=O)CO.[Na]. The summed E-state index contributed by atoms with van der Waals surface area (Å²) in [5.41, 5.74) is 2.62.